The molecule has 1 aromatic carbocycles. The molecule has 0 spiro atoms. The highest BCUT2D eigenvalue weighted by Gasteiger charge is 2.37. The smallest absolute Gasteiger partial charge is 0.328 e. The van der Waals surface area contributed by atoms with E-state index >= 15 is 0 Å². The zero-order chi connectivity index (χ0) is 11.6. The van der Waals surface area contributed by atoms with Crippen molar-refractivity contribution < 1.29 is 9.90 Å². The molecule has 1 rings (SSSR count). The van der Waals surface area contributed by atoms with Crippen LogP contribution in [0.5, 0.6) is 0 Å². The molecule has 1 N–H and O–H groups in total. The number of nitrogens with zero attached hydrogens (tertiary/aromatic N) is 1. The zero-order valence-electron chi connectivity index (χ0n) is 8.99. The lowest BCUT2D eigenvalue weighted by Gasteiger charge is -2.32. The first-order chi connectivity index (χ1) is 6.89. The van der Waals surface area contributed by atoms with Crippen molar-refractivity contribution in [1.29, 1.82) is 0 Å². The van der Waals surface area contributed by atoms with Gasteiger partial charge >= 0.3 is 5.97 Å². The Morgan fingerprint density at radius 3 is 2.47 bits per heavy atom. The van der Waals surface area contributed by atoms with E-state index in [2.05, 4.69) is 15.9 Å². The maximum Gasteiger partial charge on any atom is 0.328 e. The van der Waals surface area contributed by atoms with E-state index in [4.69, 9.17) is 0 Å². The Bertz CT molecular complexity index is 379. The third-order valence-corrected chi connectivity index (χ3v) is 3.19. The number of carbonyl (C=O) groups is 1. The first-order valence-corrected chi connectivity index (χ1v) is 5.35. The van der Waals surface area contributed by atoms with Crippen LogP contribution in [0.15, 0.2) is 28.7 Å². The first kappa shape index (κ1) is 12.2. The van der Waals surface area contributed by atoms with Crippen LogP contribution in [0, 0.1) is 0 Å². The molecule has 1 unspecified atom stereocenters. The molecular formula is C11H14BrNO2. The molecule has 0 heterocycles. The van der Waals surface area contributed by atoms with Gasteiger partial charge < -0.3 is 5.11 Å². The Morgan fingerprint density at radius 2 is 2.07 bits per heavy atom. The van der Waals surface area contributed by atoms with Gasteiger partial charge in [-0.05, 0) is 38.7 Å². The molecule has 0 aliphatic rings. The summed E-state index contributed by atoms with van der Waals surface area (Å²) in [6.45, 7) is 1.69. The largest absolute Gasteiger partial charge is 0.480 e. The quantitative estimate of drug-likeness (QED) is 0.917. The van der Waals surface area contributed by atoms with Crippen molar-refractivity contribution in [3.63, 3.8) is 0 Å². The monoisotopic (exact) mass is 271 g/mol. The first-order valence-electron chi connectivity index (χ1n) is 4.56. The lowest BCUT2D eigenvalue weighted by atomic mass is 9.91. The third-order valence-electron chi connectivity index (χ3n) is 2.70. The minimum atomic E-state index is -0.996. The van der Waals surface area contributed by atoms with E-state index in [0.29, 0.717) is 0 Å². The summed E-state index contributed by atoms with van der Waals surface area (Å²) in [5.41, 5.74) is -0.238. The fraction of sp³-hybridized carbons (Fsp3) is 0.364. The predicted molar refractivity (Wildman–Crippen MR) is 62.8 cm³/mol. The van der Waals surface area contributed by atoms with Crippen LogP contribution in [0.2, 0.25) is 0 Å². The molecule has 0 fully saturated rings. The van der Waals surface area contributed by atoms with Gasteiger partial charge in [0.25, 0.3) is 0 Å². The van der Waals surface area contributed by atoms with E-state index in [9.17, 15) is 9.90 Å². The second-order valence-corrected chi connectivity index (χ2v) is 4.70. The molecule has 1 atom stereocenters. The second-order valence-electron chi connectivity index (χ2n) is 3.78. The van der Waals surface area contributed by atoms with Crippen LogP contribution < -0.4 is 0 Å². The van der Waals surface area contributed by atoms with Crippen molar-refractivity contribution >= 4 is 21.9 Å². The van der Waals surface area contributed by atoms with Crippen LogP contribution in [-0.2, 0) is 10.3 Å². The number of likely N-dealkylation sites (N-methyl/N-ethyl adjacent to an activating group) is 1. The molecule has 0 bridgehead atoms. The topological polar surface area (TPSA) is 40.5 Å². The molecule has 0 aliphatic heterocycles. The normalized spacial score (nSPS) is 15.0. The standard InChI is InChI=1S/C11H14BrNO2/c1-11(10(14)15,13(2)3)8-5-4-6-9(12)7-8/h4-7H,1-3H3,(H,14,15). The van der Waals surface area contributed by atoms with Crippen molar-refractivity contribution in [2.75, 3.05) is 14.1 Å². The molecule has 0 saturated carbocycles. The average molecular weight is 272 g/mol. The summed E-state index contributed by atoms with van der Waals surface area (Å²) in [6, 6.07) is 7.36. The van der Waals surface area contributed by atoms with Gasteiger partial charge in [-0.1, -0.05) is 28.1 Å². The van der Waals surface area contributed by atoms with Gasteiger partial charge in [0.05, 0.1) is 0 Å². The molecule has 15 heavy (non-hydrogen) atoms. The number of carboxylic acid groups (broad SMARTS) is 1. The highest BCUT2D eigenvalue weighted by atomic mass is 79.9. The van der Waals surface area contributed by atoms with Crippen LogP contribution in [0.25, 0.3) is 0 Å². The summed E-state index contributed by atoms with van der Waals surface area (Å²) in [6.07, 6.45) is 0. The summed E-state index contributed by atoms with van der Waals surface area (Å²) in [7, 11) is 3.52. The molecule has 0 saturated heterocycles. The van der Waals surface area contributed by atoms with Gasteiger partial charge in [-0.15, -0.1) is 0 Å². The zero-order valence-corrected chi connectivity index (χ0v) is 10.6. The Balaban J connectivity index is 3.28. The molecule has 0 aromatic heterocycles. The number of halogens is 1. The van der Waals surface area contributed by atoms with Gasteiger partial charge in [0.2, 0.25) is 0 Å². The molecule has 0 aliphatic carbocycles. The van der Waals surface area contributed by atoms with E-state index in [-0.39, 0.29) is 0 Å². The van der Waals surface area contributed by atoms with E-state index in [0.717, 1.165) is 10.0 Å². The highest BCUT2D eigenvalue weighted by molar-refractivity contribution is 9.10. The second kappa shape index (κ2) is 4.33. The van der Waals surface area contributed by atoms with E-state index in [1.165, 1.54) is 0 Å². The van der Waals surface area contributed by atoms with Crippen LogP contribution in [-0.4, -0.2) is 30.1 Å². The SMILES string of the molecule is CN(C)C(C)(C(=O)O)c1cccc(Br)c1. The number of benzene rings is 1. The van der Waals surface area contributed by atoms with Gasteiger partial charge in [-0.25, -0.2) is 4.79 Å². The van der Waals surface area contributed by atoms with Crippen molar-refractivity contribution in [3.8, 4) is 0 Å². The molecule has 4 heteroatoms. The predicted octanol–water partition coefficient (Wildman–Crippen LogP) is 2.31. The molecule has 82 valence electrons. The van der Waals surface area contributed by atoms with Crippen molar-refractivity contribution in [1.82, 2.24) is 4.90 Å². The van der Waals surface area contributed by atoms with Crippen LogP contribution in [0.3, 0.4) is 0 Å². The molecular weight excluding hydrogens is 258 g/mol. The summed E-state index contributed by atoms with van der Waals surface area (Å²) < 4.78 is 0.884. The van der Waals surface area contributed by atoms with Crippen LogP contribution in [0.1, 0.15) is 12.5 Å². The summed E-state index contributed by atoms with van der Waals surface area (Å²) in [5, 5.41) is 9.29. The Labute approximate surface area is 97.8 Å². The van der Waals surface area contributed by atoms with Gasteiger partial charge in [0.15, 0.2) is 0 Å². The Kier molecular flexibility index (Phi) is 3.52. The Morgan fingerprint density at radius 1 is 1.47 bits per heavy atom. The summed E-state index contributed by atoms with van der Waals surface area (Å²) in [5.74, 6) is -0.856. The summed E-state index contributed by atoms with van der Waals surface area (Å²) >= 11 is 3.34. The highest BCUT2D eigenvalue weighted by Crippen LogP contribution is 2.28. The van der Waals surface area contributed by atoms with Crippen molar-refractivity contribution in [2.24, 2.45) is 0 Å². The fourth-order valence-electron chi connectivity index (χ4n) is 1.36. The van der Waals surface area contributed by atoms with Gasteiger partial charge in [0.1, 0.15) is 5.54 Å². The van der Waals surface area contributed by atoms with Crippen LogP contribution >= 0.6 is 15.9 Å². The van der Waals surface area contributed by atoms with Gasteiger partial charge in [-0.2, -0.15) is 0 Å². The molecule has 0 radical (unpaired) electrons. The molecule has 0 amide bonds. The Hall–Kier alpha value is -0.870. The van der Waals surface area contributed by atoms with Crippen molar-refractivity contribution in [2.45, 2.75) is 12.5 Å². The lowest BCUT2D eigenvalue weighted by Crippen LogP contribution is -2.45. The minimum absolute atomic E-state index is 0.759. The molecule has 3 nitrogen and oxygen atoms in total. The maximum atomic E-state index is 11.3. The maximum absolute atomic E-state index is 11.3. The number of hydrogen-bond donors (Lipinski definition) is 1. The van der Waals surface area contributed by atoms with Gasteiger partial charge in [-0.3, -0.25) is 4.90 Å². The lowest BCUT2D eigenvalue weighted by molar-refractivity contribution is -0.149. The minimum Gasteiger partial charge on any atom is -0.480 e. The van der Waals surface area contributed by atoms with E-state index < -0.39 is 11.5 Å². The number of rotatable bonds is 3. The van der Waals surface area contributed by atoms with E-state index in [1.54, 1.807) is 25.9 Å². The molecule has 1 aromatic rings. The van der Waals surface area contributed by atoms with E-state index in [1.807, 2.05) is 24.3 Å². The van der Waals surface area contributed by atoms with Gasteiger partial charge in [0, 0.05) is 4.47 Å². The fourth-order valence-corrected chi connectivity index (χ4v) is 1.76. The number of carboxylic acids is 1. The number of aliphatic carboxylic acids is 1. The number of hydrogen-bond acceptors (Lipinski definition) is 2. The van der Waals surface area contributed by atoms with Crippen molar-refractivity contribution in [3.05, 3.63) is 34.3 Å². The van der Waals surface area contributed by atoms with Crippen LogP contribution in [0.4, 0.5) is 0 Å². The third kappa shape index (κ3) is 2.21. The average Bonchev–Trinajstić information content (AvgIpc) is 2.15. The summed E-state index contributed by atoms with van der Waals surface area (Å²) in [4.78, 5) is 13.0.